The molecule has 1 fully saturated rings. The number of nitrogens with one attached hydrogen (secondary N) is 1. The lowest BCUT2D eigenvalue weighted by molar-refractivity contribution is 0.154. The first-order valence-corrected chi connectivity index (χ1v) is 9.14. The van der Waals surface area contributed by atoms with Gasteiger partial charge in [0, 0.05) is 30.2 Å². The molecule has 0 amide bonds. The maximum absolute atomic E-state index is 9.94. The SMILES string of the molecule is CC(C)Oc1ccc2[nH]nc(-c3ccnc(N4CCCC(O)C4)c3)c2c1. The van der Waals surface area contributed by atoms with Crippen molar-refractivity contribution in [3.63, 3.8) is 0 Å². The van der Waals surface area contributed by atoms with Gasteiger partial charge in [-0.15, -0.1) is 0 Å². The summed E-state index contributed by atoms with van der Waals surface area (Å²) < 4.78 is 5.82. The van der Waals surface area contributed by atoms with Crippen molar-refractivity contribution in [2.45, 2.75) is 38.9 Å². The van der Waals surface area contributed by atoms with Crippen LogP contribution in [0.5, 0.6) is 5.75 Å². The number of anilines is 1. The molecule has 136 valence electrons. The number of H-pyrrole nitrogens is 1. The standard InChI is InChI=1S/C20H24N4O2/c1-13(2)26-16-5-6-18-17(11-16)20(23-22-18)14-7-8-21-19(10-14)24-9-3-4-15(25)12-24/h5-8,10-11,13,15,25H,3-4,9,12H2,1-2H3,(H,22,23). The summed E-state index contributed by atoms with van der Waals surface area (Å²) in [4.78, 5) is 6.64. The van der Waals surface area contributed by atoms with E-state index < -0.39 is 0 Å². The number of benzene rings is 1. The Kier molecular flexibility index (Phi) is 4.51. The van der Waals surface area contributed by atoms with Gasteiger partial charge in [0.05, 0.1) is 17.7 Å². The van der Waals surface area contributed by atoms with Crippen molar-refractivity contribution in [1.82, 2.24) is 15.2 Å². The van der Waals surface area contributed by atoms with Crippen LogP contribution in [0.25, 0.3) is 22.2 Å². The Balaban J connectivity index is 1.70. The zero-order chi connectivity index (χ0) is 18.1. The average molecular weight is 352 g/mol. The van der Waals surface area contributed by atoms with E-state index in [1.54, 1.807) is 6.20 Å². The molecule has 0 saturated carbocycles. The lowest BCUT2D eigenvalue weighted by Crippen LogP contribution is -2.38. The van der Waals surface area contributed by atoms with E-state index in [-0.39, 0.29) is 12.2 Å². The van der Waals surface area contributed by atoms with Crippen LogP contribution in [-0.4, -0.2) is 45.6 Å². The Morgan fingerprint density at radius 3 is 2.96 bits per heavy atom. The minimum atomic E-state index is -0.281. The zero-order valence-electron chi connectivity index (χ0n) is 15.1. The number of fused-ring (bicyclic) bond motifs is 1. The molecule has 1 saturated heterocycles. The van der Waals surface area contributed by atoms with Crippen molar-refractivity contribution < 1.29 is 9.84 Å². The second-order valence-corrected chi connectivity index (χ2v) is 7.09. The normalized spacial score (nSPS) is 17.8. The summed E-state index contributed by atoms with van der Waals surface area (Å²) in [6.45, 7) is 5.58. The van der Waals surface area contributed by atoms with E-state index in [2.05, 4.69) is 20.1 Å². The number of pyridine rings is 1. The molecule has 0 bridgehead atoms. The van der Waals surface area contributed by atoms with Crippen molar-refractivity contribution in [1.29, 1.82) is 0 Å². The van der Waals surface area contributed by atoms with E-state index in [0.717, 1.165) is 53.1 Å². The van der Waals surface area contributed by atoms with E-state index >= 15 is 0 Å². The van der Waals surface area contributed by atoms with E-state index in [1.807, 2.05) is 44.2 Å². The summed E-state index contributed by atoms with van der Waals surface area (Å²) in [5.41, 5.74) is 2.86. The maximum atomic E-state index is 9.94. The Morgan fingerprint density at radius 2 is 2.15 bits per heavy atom. The number of aromatic amines is 1. The number of hydrogen-bond donors (Lipinski definition) is 2. The molecular weight excluding hydrogens is 328 g/mol. The molecule has 6 nitrogen and oxygen atoms in total. The van der Waals surface area contributed by atoms with Crippen LogP contribution in [-0.2, 0) is 0 Å². The third-order valence-corrected chi connectivity index (χ3v) is 4.65. The predicted octanol–water partition coefficient (Wildman–Crippen LogP) is 3.37. The predicted molar refractivity (Wildman–Crippen MR) is 103 cm³/mol. The van der Waals surface area contributed by atoms with Crippen LogP contribution in [0.2, 0.25) is 0 Å². The van der Waals surface area contributed by atoms with Crippen LogP contribution in [0.3, 0.4) is 0 Å². The molecule has 4 rings (SSSR count). The molecule has 26 heavy (non-hydrogen) atoms. The van der Waals surface area contributed by atoms with Crippen molar-refractivity contribution in [3.8, 4) is 17.0 Å². The third-order valence-electron chi connectivity index (χ3n) is 4.65. The molecule has 6 heteroatoms. The Labute approximate surface area is 152 Å². The van der Waals surface area contributed by atoms with Crippen LogP contribution in [0.1, 0.15) is 26.7 Å². The largest absolute Gasteiger partial charge is 0.491 e. The number of ether oxygens (including phenoxy) is 1. The molecule has 2 N–H and O–H groups in total. The number of nitrogens with zero attached hydrogens (tertiary/aromatic N) is 3. The fourth-order valence-corrected chi connectivity index (χ4v) is 3.46. The van der Waals surface area contributed by atoms with Gasteiger partial charge in [-0.3, -0.25) is 5.10 Å². The van der Waals surface area contributed by atoms with Crippen LogP contribution >= 0.6 is 0 Å². The average Bonchev–Trinajstić information content (AvgIpc) is 3.04. The summed E-state index contributed by atoms with van der Waals surface area (Å²) in [6, 6.07) is 9.99. The zero-order valence-corrected chi connectivity index (χ0v) is 15.1. The third kappa shape index (κ3) is 3.37. The second-order valence-electron chi connectivity index (χ2n) is 7.09. The minimum Gasteiger partial charge on any atom is -0.491 e. The first kappa shape index (κ1) is 16.8. The fraction of sp³-hybridized carbons (Fsp3) is 0.400. The monoisotopic (exact) mass is 352 g/mol. The summed E-state index contributed by atoms with van der Waals surface area (Å²) >= 11 is 0. The number of β-amino-alcohol motifs (C(OH)–C–C–N with tert-alkyl or cyclic N) is 1. The van der Waals surface area contributed by atoms with Gasteiger partial charge in [0.2, 0.25) is 0 Å². The minimum absolute atomic E-state index is 0.126. The highest BCUT2D eigenvalue weighted by molar-refractivity contribution is 5.94. The Morgan fingerprint density at radius 1 is 1.27 bits per heavy atom. The van der Waals surface area contributed by atoms with Crippen molar-refractivity contribution >= 4 is 16.7 Å². The van der Waals surface area contributed by atoms with Crippen LogP contribution in [0.15, 0.2) is 36.5 Å². The topological polar surface area (TPSA) is 74.3 Å². The van der Waals surface area contributed by atoms with Gasteiger partial charge in [-0.05, 0) is 57.0 Å². The smallest absolute Gasteiger partial charge is 0.129 e. The quantitative estimate of drug-likeness (QED) is 0.753. The van der Waals surface area contributed by atoms with Gasteiger partial charge in [0.15, 0.2) is 0 Å². The van der Waals surface area contributed by atoms with Gasteiger partial charge in [0.1, 0.15) is 17.3 Å². The van der Waals surface area contributed by atoms with E-state index in [9.17, 15) is 5.11 Å². The van der Waals surface area contributed by atoms with E-state index in [1.165, 1.54) is 0 Å². The van der Waals surface area contributed by atoms with Gasteiger partial charge >= 0.3 is 0 Å². The highest BCUT2D eigenvalue weighted by atomic mass is 16.5. The van der Waals surface area contributed by atoms with Crippen LogP contribution in [0.4, 0.5) is 5.82 Å². The molecule has 1 atom stereocenters. The number of aliphatic hydroxyl groups excluding tert-OH is 1. The van der Waals surface area contributed by atoms with Crippen molar-refractivity contribution in [3.05, 3.63) is 36.5 Å². The number of piperidine rings is 1. The lowest BCUT2D eigenvalue weighted by Gasteiger charge is -2.31. The Hall–Kier alpha value is -2.60. The van der Waals surface area contributed by atoms with E-state index in [4.69, 9.17) is 4.74 Å². The van der Waals surface area contributed by atoms with Crippen molar-refractivity contribution in [2.75, 3.05) is 18.0 Å². The van der Waals surface area contributed by atoms with E-state index in [0.29, 0.717) is 6.54 Å². The van der Waals surface area contributed by atoms with Gasteiger partial charge < -0.3 is 14.7 Å². The number of aromatic nitrogens is 3. The van der Waals surface area contributed by atoms with Gasteiger partial charge in [-0.25, -0.2) is 4.98 Å². The fourth-order valence-electron chi connectivity index (χ4n) is 3.46. The molecular formula is C20H24N4O2. The molecule has 0 spiro atoms. The highest BCUT2D eigenvalue weighted by Gasteiger charge is 2.19. The molecule has 1 aromatic carbocycles. The summed E-state index contributed by atoms with van der Waals surface area (Å²) in [5.74, 6) is 1.72. The van der Waals surface area contributed by atoms with Gasteiger partial charge in [-0.2, -0.15) is 5.10 Å². The second kappa shape index (κ2) is 6.96. The Bertz CT molecular complexity index is 906. The summed E-state index contributed by atoms with van der Waals surface area (Å²) in [6.07, 6.45) is 3.49. The lowest BCUT2D eigenvalue weighted by atomic mass is 10.1. The number of rotatable bonds is 4. The van der Waals surface area contributed by atoms with Gasteiger partial charge in [0.25, 0.3) is 0 Å². The molecule has 3 heterocycles. The number of aliphatic hydroxyl groups is 1. The van der Waals surface area contributed by atoms with Crippen molar-refractivity contribution in [2.24, 2.45) is 0 Å². The van der Waals surface area contributed by atoms with Crippen LogP contribution < -0.4 is 9.64 Å². The summed E-state index contributed by atoms with van der Waals surface area (Å²) in [5, 5.41) is 18.6. The molecule has 0 radical (unpaired) electrons. The molecule has 1 aliphatic heterocycles. The van der Waals surface area contributed by atoms with Gasteiger partial charge in [-0.1, -0.05) is 0 Å². The first-order valence-electron chi connectivity index (χ1n) is 9.14. The van der Waals surface area contributed by atoms with Crippen LogP contribution in [0, 0.1) is 0 Å². The number of hydrogen-bond acceptors (Lipinski definition) is 5. The highest BCUT2D eigenvalue weighted by Crippen LogP contribution is 2.31. The summed E-state index contributed by atoms with van der Waals surface area (Å²) in [7, 11) is 0. The molecule has 3 aromatic rings. The first-order chi connectivity index (χ1) is 12.6. The molecule has 1 unspecified atom stereocenters. The molecule has 2 aromatic heterocycles. The maximum Gasteiger partial charge on any atom is 0.129 e. The molecule has 1 aliphatic rings. The molecule has 0 aliphatic carbocycles.